The largest absolute Gasteiger partial charge is 0.481 e. The fraction of sp³-hybridized carbons (Fsp3) is 0.529. The molecule has 0 unspecified atom stereocenters. The van der Waals surface area contributed by atoms with E-state index in [0.29, 0.717) is 13.0 Å². The van der Waals surface area contributed by atoms with Gasteiger partial charge in [-0.2, -0.15) is 0 Å². The van der Waals surface area contributed by atoms with Crippen molar-refractivity contribution in [3.8, 4) is 0 Å². The summed E-state index contributed by atoms with van der Waals surface area (Å²) in [6.45, 7) is 4.53. The summed E-state index contributed by atoms with van der Waals surface area (Å²) in [5.41, 5.74) is 0.518. The molecular weight excluding hydrogens is 266 g/mol. The lowest BCUT2D eigenvalue weighted by Gasteiger charge is -2.35. The van der Waals surface area contributed by atoms with E-state index in [2.05, 4.69) is 0 Å². The summed E-state index contributed by atoms with van der Waals surface area (Å²) >= 11 is 0. The van der Waals surface area contributed by atoms with Gasteiger partial charge < -0.3 is 10.0 Å². The zero-order chi connectivity index (χ0) is 15.9. The lowest BCUT2D eigenvalue weighted by molar-refractivity contribution is -0.139. The zero-order valence-electron chi connectivity index (χ0n) is 13.1. The molecule has 0 aliphatic carbocycles. The van der Waals surface area contributed by atoms with E-state index in [-0.39, 0.29) is 12.3 Å². The van der Waals surface area contributed by atoms with Crippen LogP contribution in [0.2, 0.25) is 0 Å². The molecule has 1 N–H and O–H groups in total. The summed E-state index contributed by atoms with van der Waals surface area (Å²) in [5, 5.41) is 8.69. The maximum absolute atomic E-state index is 12.9. The Bertz CT molecular complexity index is 466. The van der Waals surface area contributed by atoms with Gasteiger partial charge in [-0.3, -0.25) is 9.59 Å². The molecule has 1 aromatic rings. The molecule has 0 atom stereocenters. The van der Waals surface area contributed by atoms with Gasteiger partial charge in [-0.1, -0.05) is 44.2 Å². The molecule has 0 aliphatic rings. The molecule has 0 saturated carbocycles. The van der Waals surface area contributed by atoms with Gasteiger partial charge in [0, 0.05) is 20.0 Å². The fourth-order valence-electron chi connectivity index (χ4n) is 2.78. The van der Waals surface area contributed by atoms with Crippen molar-refractivity contribution >= 4 is 11.9 Å². The summed E-state index contributed by atoms with van der Waals surface area (Å²) in [6.07, 6.45) is 2.04. The topological polar surface area (TPSA) is 57.6 Å². The van der Waals surface area contributed by atoms with Crippen molar-refractivity contribution in [2.24, 2.45) is 0 Å². The van der Waals surface area contributed by atoms with E-state index in [1.165, 1.54) is 0 Å². The van der Waals surface area contributed by atoms with Crippen LogP contribution in [0.25, 0.3) is 0 Å². The number of benzene rings is 1. The summed E-state index contributed by atoms with van der Waals surface area (Å²) in [6, 6.07) is 9.84. The molecule has 0 heterocycles. The SMILES string of the molecule is CCC(CC)(C(=O)N(C)CCCC(=O)O)c1ccccc1. The van der Waals surface area contributed by atoms with E-state index in [0.717, 1.165) is 18.4 Å². The molecule has 1 amide bonds. The normalized spacial score (nSPS) is 11.2. The third kappa shape index (κ3) is 4.06. The van der Waals surface area contributed by atoms with E-state index in [1.54, 1.807) is 11.9 Å². The molecular formula is C17H25NO3. The molecule has 0 aromatic heterocycles. The van der Waals surface area contributed by atoms with Crippen LogP contribution >= 0.6 is 0 Å². The number of hydrogen-bond donors (Lipinski definition) is 1. The smallest absolute Gasteiger partial charge is 0.303 e. The molecule has 1 rings (SSSR count). The lowest BCUT2D eigenvalue weighted by Crippen LogP contribution is -2.45. The number of hydrogen-bond acceptors (Lipinski definition) is 2. The highest BCUT2D eigenvalue weighted by atomic mass is 16.4. The van der Waals surface area contributed by atoms with Gasteiger partial charge in [-0.25, -0.2) is 0 Å². The fourth-order valence-corrected chi connectivity index (χ4v) is 2.78. The molecule has 21 heavy (non-hydrogen) atoms. The molecule has 116 valence electrons. The number of carboxylic acid groups (broad SMARTS) is 1. The Morgan fingerprint density at radius 1 is 1.14 bits per heavy atom. The highest BCUT2D eigenvalue weighted by molar-refractivity contribution is 5.88. The second-order valence-electron chi connectivity index (χ2n) is 5.38. The van der Waals surface area contributed by atoms with E-state index >= 15 is 0 Å². The van der Waals surface area contributed by atoms with E-state index in [4.69, 9.17) is 5.11 Å². The van der Waals surface area contributed by atoms with Crippen LogP contribution in [0.15, 0.2) is 30.3 Å². The van der Waals surface area contributed by atoms with Gasteiger partial charge in [0.05, 0.1) is 5.41 Å². The van der Waals surface area contributed by atoms with Gasteiger partial charge in [0.15, 0.2) is 0 Å². The Balaban J connectivity index is 2.89. The van der Waals surface area contributed by atoms with Gasteiger partial charge in [0.25, 0.3) is 0 Å². The Hall–Kier alpha value is -1.84. The maximum atomic E-state index is 12.9. The van der Waals surface area contributed by atoms with Crippen molar-refractivity contribution in [1.29, 1.82) is 0 Å². The number of carboxylic acids is 1. The van der Waals surface area contributed by atoms with Crippen LogP contribution in [0.5, 0.6) is 0 Å². The summed E-state index contributed by atoms with van der Waals surface area (Å²) in [4.78, 5) is 25.1. The second-order valence-corrected chi connectivity index (χ2v) is 5.38. The number of amides is 1. The molecule has 0 radical (unpaired) electrons. The van der Waals surface area contributed by atoms with Crippen LogP contribution in [0.1, 0.15) is 45.1 Å². The van der Waals surface area contributed by atoms with Crippen LogP contribution < -0.4 is 0 Å². The highest BCUT2D eigenvalue weighted by Gasteiger charge is 2.38. The monoisotopic (exact) mass is 291 g/mol. The van der Waals surface area contributed by atoms with Gasteiger partial charge >= 0.3 is 5.97 Å². The van der Waals surface area contributed by atoms with Crippen LogP contribution in [-0.2, 0) is 15.0 Å². The Morgan fingerprint density at radius 3 is 2.19 bits per heavy atom. The van der Waals surface area contributed by atoms with Crippen LogP contribution in [0, 0.1) is 0 Å². The van der Waals surface area contributed by atoms with Gasteiger partial charge in [-0.15, -0.1) is 0 Å². The number of aliphatic carboxylic acids is 1. The predicted molar refractivity (Wildman–Crippen MR) is 83.2 cm³/mol. The summed E-state index contributed by atoms with van der Waals surface area (Å²) < 4.78 is 0. The molecule has 0 saturated heterocycles. The Kier molecular flexibility index (Phi) is 6.40. The van der Waals surface area contributed by atoms with Crippen LogP contribution in [0.4, 0.5) is 0 Å². The minimum atomic E-state index is -0.823. The van der Waals surface area contributed by atoms with Crippen molar-refractivity contribution in [3.05, 3.63) is 35.9 Å². The van der Waals surface area contributed by atoms with Gasteiger partial charge in [0.2, 0.25) is 5.91 Å². The average Bonchev–Trinajstić information content (AvgIpc) is 2.49. The van der Waals surface area contributed by atoms with Crippen molar-refractivity contribution in [1.82, 2.24) is 4.90 Å². The molecule has 0 spiro atoms. The lowest BCUT2D eigenvalue weighted by atomic mass is 9.74. The summed E-state index contributed by atoms with van der Waals surface area (Å²) in [5.74, 6) is -0.750. The third-order valence-corrected chi connectivity index (χ3v) is 4.17. The first-order valence-corrected chi connectivity index (χ1v) is 7.50. The number of carbonyl (C=O) groups excluding carboxylic acids is 1. The standard InChI is InChI=1S/C17H25NO3/c1-4-17(5-2,14-10-7-6-8-11-14)16(21)18(3)13-9-12-15(19)20/h6-8,10-11H,4-5,9,12-13H2,1-3H3,(H,19,20). The van der Waals surface area contributed by atoms with E-state index < -0.39 is 11.4 Å². The highest BCUT2D eigenvalue weighted by Crippen LogP contribution is 2.33. The van der Waals surface area contributed by atoms with Crippen LogP contribution in [0.3, 0.4) is 0 Å². The Morgan fingerprint density at radius 2 is 1.71 bits per heavy atom. The second kappa shape index (κ2) is 7.81. The first-order chi connectivity index (χ1) is 9.97. The van der Waals surface area contributed by atoms with Crippen molar-refractivity contribution in [2.45, 2.75) is 44.9 Å². The number of carbonyl (C=O) groups is 2. The summed E-state index contributed by atoms with van der Waals surface area (Å²) in [7, 11) is 1.76. The number of likely N-dealkylation sites (N-methyl/N-ethyl adjacent to an activating group) is 1. The first-order valence-electron chi connectivity index (χ1n) is 7.50. The van der Waals surface area contributed by atoms with E-state index in [9.17, 15) is 9.59 Å². The molecule has 4 heteroatoms. The molecule has 0 bridgehead atoms. The van der Waals surface area contributed by atoms with Gasteiger partial charge in [0.1, 0.15) is 0 Å². The Labute approximate surface area is 126 Å². The van der Waals surface area contributed by atoms with Crippen molar-refractivity contribution < 1.29 is 14.7 Å². The number of rotatable bonds is 8. The zero-order valence-corrected chi connectivity index (χ0v) is 13.1. The van der Waals surface area contributed by atoms with Gasteiger partial charge in [-0.05, 0) is 24.8 Å². The van der Waals surface area contributed by atoms with Crippen LogP contribution in [-0.4, -0.2) is 35.5 Å². The third-order valence-electron chi connectivity index (χ3n) is 4.17. The maximum Gasteiger partial charge on any atom is 0.303 e. The van der Waals surface area contributed by atoms with Crippen molar-refractivity contribution in [3.63, 3.8) is 0 Å². The minimum absolute atomic E-state index is 0.0732. The molecule has 0 aliphatic heterocycles. The molecule has 1 aromatic carbocycles. The number of nitrogens with zero attached hydrogens (tertiary/aromatic N) is 1. The molecule has 0 fully saturated rings. The van der Waals surface area contributed by atoms with Crippen molar-refractivity contribution in [2.75, 3.05) is 13.6 Å². The first kappa shape index (κ1) is 17.2. The predicted octanol–water partition coefficient (Wildman–Crippen LogP) is 3.07. The van der Waals surface area contributed by atoms with E-state index in [1.807, 2.05) is 44.2 Å². The average molecular weight is 291 g/mol. The minimum Gasteiger partial charge on any atom is -0.481 e. The molecule has 4 nitrogen and oxygen atoms in total. The quantitative estimate of drug-likeness (QED) is 0.801.